The van der Waals surface area contributed by atoms with Crippen molar-refractivity contribution < 1.29 is 28.5 Å². The number of nitrogens with zero attached hydrogens (tertiary/aromatic N) is 5. The maximum atomic E-state index is 14.1. The van der Waals surface area contributed by atoms with Crippen molar-refractivity contribution in [3.8, 4) is 23.1 Å². The topological polar surface area (TPSA) is 121 Å². The molecule has 0 aromatic carbocycles. The standard InChI is InChI=1S/C36H44N6O6/c1-20-32(28-12-23-8-11-30(47-19-22-17-46-18-22)39-33(23)40(28)16-21-6-7-21)38-29-13-24(14-31(45-5)41(20)29)34(43)42-25-9-10-27(42)26(15-25)37-35(44)48-36(2,3)4/h8,11-14,21-22,25-27H,6-7,9-10,15-19H2,1-5H3,(H,37,44)/t25-,26+,27+/m0/s1. The predicted molar refractivity (Wildman–Crippen MR) is 178 cm³/mol. The Balaban J connectivity index is 1.11. The zero-order chi connectivity index (χ0) is 33.3. The maximum absolute atomic E-state index is 14.1. The van der Waals surface area contributed by atoms with Gasteiger partial charge in [-0.1, -0.05) is 0 Å². The number of methoxy groups -OCH3 is 1. The van der Waals surface area contributed by atoms with E-state index in [1.54, 1.807) is 13.2 Å². The zero-order valence-electron chi connectivity index (χ0n) is 28.3. The van der Waals surface area contributed by atoms with E-state index in [0.29, 0.717) is 47.8 Å². The second kappa shape index (κ2) is 11.7. The largest absolute Gasteiger partial charge is 0.482 e. The molecule has 8 rings (SSSR count). The Morgan fingerprint density at radius 3 is 2.56 bits per heavy atom. The lowest BCUT2D eigenvalue weighted by Gasteiger charge is -2.27. The highest BCUT2D eigenvalue weighted by Gasteiger charge is 2.49. The van der Waals surface area contributed by atoms with Crippen LogP contribution in [-0.4, -0.2) is 86.5 Å². The van der Waals surface area contributed by atoms with Gasteiger partial charge in [0.2, 0.25) is 5.88 Å². The number of alkyl carbamates (subject to hydrolysis) is 1. The molecule has 4 fully saturated rings. The average molecular weight is 657 g/mol. The molecule has 4 aromatic heterocycles. The third kappa shape index (κ3) is 5.63. The summed E-state index contributed by atoms with van der Waals surface area (Å²) >= 11 is 0. The lowest BCUT2D eigenvalue weighted by atomic mass is 9.96. The van der Waals surface area contributed by atoms with Crippen LogP contribution in [0.25, 0.3) is 28.1 Å². The Morgan fingerprint density at radius 1 is 1.04 bits per heavy atom. The molecule has 2 bridgehead atoms. The van der Waals surface area contributed by atoms with Gasteiger partial charge in [-0.05, 0) is 83.9 Å². The molecule has 0 spiro atoms. The molecular formula is C36H44N6O6. The highest BCUT2D eigenvalue weighted by molar-refractivity contribution is 5.97. The van der Waals surface area contributed by atoms with Crippen molar-refractivity contribution in [3.05, 3.63) is 41.6 Å². The van der Waals surface area contributed by atoms with Gasteiger partial charge in [0.05, 0.1) is 50.4 Å². The van der Waals surface area contributed by atoms with Gasteiger partial charge in [0.25, 0.3) is 5.91 Å². The van der Waals surface area contributed by atoms with Crippen molar-refractivity contribution in [2.24, 2.45) is 11.8 Å². The SMILES string of the molecule is COc1cc(C(=O)N2[C@H]3CC[C@@H]2[C@H](NC(=O)OC(C)(C)C)C3)cc2nc(-c3cc4ccc(OCC5COC5)nc4n3CC3CC3)c(C)n12. The van der Waals surface area contributed by atoms with Gasteiger partial charge >= 0.3 is 6.09 Å². The van der Waals surface area contributed by atoms with E-state index in [4.69, 9.17) is 28.9 Å². The van der Waals surface area contributed by atoms with Gasteiger partial charge in [0.1, 0.15) is 22.6 Å². The summed E-state index contributed by atoms with van der Waals surface area (Å²) in [5, 5.41) is 4.05. The molecule has 1 N–H and O–H groups in total. The summed E-state index contributed by atoms with van der Waals surface area (Å²) in [7, 11) is 1.62. The number of fused-ring (bicyclic) bond motifs is 4. The first-order valence-electron chi connectivity index (χ1n) is 17.2. The molecule has 12 heteroatoms. The summed E-state index contributed by atoms with van der Waals surface area (Å²) < 4.78 is 27.0. The molecule has 1 saturated carbocycles. The van der Waals surface area contributed by atoms with Crippen molar-refractivity contribution >= 4 is 28.7 Å². The van der Waals surface area contributed by atoms with Crippen LogP contribution in [0.5, 0.6) is 11.8 Å². The minimum atomic E-state index is -0.588. The van der Waals surface area contributed by atoms with Crippen LogP contribution in [0.15, 0.2) is 30.3 Å². The highest BCUT2D eigenvalue weighted by atomic mass is 16.6. The monoisotopic (exact) mass is 656 g/mol. The van der Waals surface area contributed by atoms with Crippen LogP contribution in [0, 0.1) is 18.8 Å². The molecular weight excluding hydrogens is 612 g/mol. The van der Waals surface area contributed by atoms with Gasteiger partial charge in [0, 0.05) is 41.6 Å². The van der Waals surface area contributed by atoms with E-state index in [9.17, 15) is 9.59 Å². The third-order valence-corrected chi connectivity index (χ3v) is 10.1. The molecule has 1 aliphatic carbocycles. The van der Waals surface area contributed by atoms with Crippen LogP contribution in [0.2, 0.25) is 0 Å². The number of rotatable bonds is 9. The van der Waals surface area contributed by atoms with E-state index < -0.39 is 11.7 Å². The summed E-state index contributed by atoms with van der Waals surface area (Å²) in [6.07, 6.45) is 4.42. The van der Waals surface area contributed by atoms with Crippen molar-refractivity contribution in [2.45, 2.75) is 90.1 Å². The molecule has 12 nitrogen and oxygen atoms in total. The molecule has 48 heavy (non-hydrogen) atoms. The van der Waals surface area contributed by atoms with Crippen LogP contribution in [0.4, 0.5) is 4.79 Å². The quantitative estimate of drug-likeness (QED) is 0.255. The van der Waals surface area contributed by atoms with Crippen LogP contribution in [-0.2, 0) is 16.0 Å². The Kier molecular flexibility index (Phi) is 7.54. The van der Waals surface area contributed by atoms with E-state index in [-0.39, 0.29) is 24.0 Å². The summed E-state index contributed by atoms with van der Waals surface area (Å²) in [6.45, 7) is 10.5. The third-order valence-electron chi connectivity index (χ3n) is 10.1. The van der Waals surface area contributed by atoms with Crippen LogP contribution < -0.4 is 14.8 Å². The zero-order valence-corrected chi connectivity index (χ0v) is 28.3. The van der Waals surface area contributed by atoms with E-state index in [1.807, 2.05) is 49.1 Å². The Morgan fingerprint density at radius 2 is 1.85 bits per heavy atom. The summed E-state index contributed by atoms with van der Waals surface area (Å²) in [6, 6.07) is 9.65. The van der Waals surface area contributed by atoms with E-state index in [0.717, 1.165) is 60.7 Å². The molecule has 2 amide bonds. The molecule has 4 aliphatic rings. The molecule has 3 aliphatic heterocycles. The Hall–Kier alpha value is -4.32. The minimum absolute atomic E-state index is 0.0586. The minimum Gasteiger partial charge on any atom is -0.482 e. The fourth-order valence-electron chi connectivity index (χ4n) is 7.58. The van der Waals surface area contributed by atoms with Crippen LogP contribution in [0.3, 0.4) is 0 Å². The lowest BCUT2D eigenvalue weighted by molar-refractivity contribution is -0.0513. The molecule has 3 saturated heterocycles. The van der Waals surface area contributed by atoms with Gasteiger partial charge in [-0.3, -0.25) is 9.20 Å². The number of hydrogen-bond acceptors (Lipinski definition) is 8. The van der Waals surface area contributed by atoms with E-state index in [2.05, 4.69) is 22.0 Å². The number of pyridine rings is 2. The van der Waals surface area contributed by atoms with Crippen molar-refractivity contribution in [1.82, 2.24) is 29.2 Å². The lowest BCUT2D eigenvalue weighted by Crippen LogP contribution is -2.46. The molecule has 254 valence electrons. The van der Waals surface area contributed by atoms with Gasteiger partial charge in [-0.15, -0.1) is 0 Å². The summed E-state index contributed by atoms with van der Waals surface area (Å²) in [5.74, 6) is 2.11. The summed E-state index contributed by atoms with van der Waals surface area (Å²) in [5.41, 5.74) is 4.19. The first kappa shape index (κ1) is 31.0. The van der Waals surface area contributed by atoms with Crippen LogP contribution in [0.1, 0.15) is 68.9 Å². The van der Waals surface area contributed by atoms with Crippen LogP contribution >= 0.6 is 0 Å². The summed E-state index contributed by atoms with van der Waals surface area (Å²) in [4.78, 5) is 38.7. The van der Waals surface area contributed by atoms with Crippen molar-refractivity contribution in [3.63, 3.8) is 0 Å². The fourth-order valence-corrected chi connectivity index (χ4v) is 7.58. The smallest absolute Gasteiger partial charge is 0.407 e. The molecule has 3 atom stereocenters. The van der Waals surface area contributed by atoms with E-state index >= 15 is 0 Å². The average Bonchev–Trinajstić information content (AvgIpc) is 3.33. The highest BCUT2D eigenvalue weighted by Crippen LogP contribution is 2.41. The Bertz CT molecular complexity index is 1900. The molecule has 7 heterocycles. The van der Waals surface area contributed by atoms with Crippen molar-refractivity contribution in [2.75, 3.05) is 26.9 Å². The van der Waals surface area contributed by atoms with Gasteiger partial charge in [0.15, 0.2) is 5.88 Å². The normalized spacial score (nSPS) is 22.4. The second-order valence-electron chi connectivity index (χ2n) is 14.9. The number of aryl methyl sites for hydroxylation is 1. The molecule has 0 unspecified atom stereocenters. The maximum Gasteiger partial charge on any atom is 0.407 e. The number of hydrogen-bond donors (Lipinski definition) is 1. The predicted octanol–water partition coefficient (Wildman–Crippen LogP) is 5.37. The number of carbonyl (C=O) groups excluding carboxylic acids is 2. The molecule has 0 radical (unpaired) electrons. The number of carbonyl (C=O) groups is 2. The van der Waals surface area contributed by atoms with Gasteiger partial charge < -0.3 is 33.7 Å². The Labute approximate surface area is 279 Å². The number of imidazole rings is 1. The van der Waals surface area contributed by atoms with Crippen molar-refractivity contribution in [1.29, 1.82) is 0 Å². The van der Waals surface area contributed by atoms with Gasteiger partial charge in [-0.25, -0.2) is 9.78 Å². The second-order valence-corrected chi connectivity index (χ2v) is 14.9. The number of amides is 2. The first-order chi connectivity index (χ1) is 23.1. The molecule has 4 aromatic rings. The number of ether oxygens (including phenoxy) is 4. The number of nitrogens with one attached hydrogen (secondary N) is 1. The van der Waals surface area contributed by atoms with E-state index in [1.165, 1.54) is 12.8 Å². The fraction of sp³-hybridized carbons (Fsp3) is 0.556. The number of aromatic nitrogens is 4. The first-order valence-corrected chi connectivity index (χ1v) is 17.2. The van der Waals surface area contributed by atoms with Gasteiger partial charge in [-0.2, -0.15) is 4.98 Å².